The standard InChI is InChI=1S/C25H28N2O4S2/c1-2-3-4-5-6-7-15-31-21-13-11-18(12-14-21)16-22-24(30)27(25(32)33-22)26-23(29)19-9-8-10-20(28)17-19/h8-14,16-17,28H,2-7,15H2,1H3,(H,26,29). The molecular weight excluding hydrogens is 456 g/mol. The Morgan fingerprint density at radius 2 is 1.85 bits per heavy atom. The first-order valence-electron chi connectivity index (χ1n) is 11.1. The molecule has 8 heteroatoms. The molecule has 33 heavy (non-hydrogen) atoms. The zero-order valence-electron chi connectivity index (χ0n) is 18.6. The van der Waals surface area contributed by atoms with E-state index in [1.807, 2.05) is 24.3 Å². The summed E-state index contributed by atoms with van der Waals surface area (Å²) in [5, 5.41) is 10.6. The van der Waals surface area contributed by atoms with Gasteiger partial charge in [0.15, 0.2) is 4.32 Å². The van der Waals surface area contributed by atoms with Crippen molar-refractivity contribution in [2.75, 3.05) is 6.61 Å². The second kappa shape index (κ2) is 12.4. The summed E-state index contributed by atoms with van der Waals surface area (Å²) in [5.41, 5.74) is 3.56. The molecule has 0 unspecified atom stereocenters. The van der Waals surface area contributed by atoms with Gasteiger partial charge in [0.1, 0.15) is 11.5 Å². The average Bonchev–Trinajstić information content (AvgIpc) is 3.06. The normalized spacial score (nSPS) is 14.7. The number of amides is 2. The van der Waals surface area contributed by atoms with Crippen molar-refractivity contribution in [3.05, 3.63) is 64.6 Å². The van der Waals surface area contributed by atoms with Crippen LogP contribution in [-0.4, -0.2) is 32.9 Å². The average molecular weight is 485 g/mol. The summed E-state index contributed by atoms with van der Waals surface area (Å²) in [6.07, 6.45) is 9.05. The molecule has 174 valence electrons. The quantitative estimate of drug-likeness (QED) is 0.243. The molecule has 1 aliphatic heterocycles. The highest BCUT2D eigenvalue weighted by molar-refractivity contribution is 8.26. The van der Waals surface area contributed by atoms with E-state index in [4.69, 9.17) is 17.0 Å². The highest BCUT2D eigenvalue weighted by Crippen LogP contribution is 2.31. The second-order valence-electron chi connectivity index (χ2n) is 7.69. The summed E-state index contributed by atoms with van der Waals surface area (Å²) < 4.78 is 6.03. The van der Waals surface area contributed by atoms with Crippen LogP contribution in [0.25, 0.3) is 6.08 Å². The molecule has 6 nitrogen and oxygen atoms in total. The molecule has 1 aliphatic rings. The third-order valence-corrected chi connectivity index (χ3v) is 6.36. The zero-order chi connectivity index (χ0) is 23.6. The molecule has 0 atom stereocenters. The van der Waals surface area contributed by atoms with Gasteiger partial charge in [-0.25, -0.2) is 0 Å². The van der Waals surface area contributed by atoms with Gasteiger partial charge in [-0.05, 0) is 60.6 Å². The summed E-state index contributed by atoms with van der Waals surface area (Å²) in [6, 6.07) is 13.4. The number of carbonyl (C=O) groups is 2. The smallest absolute Gasteiger partial charge is 0.285 e. The largest absolute Gasteiger partial charge is 0.508 e. The summed E-state index contributed by atoms with van der Waals surface area (Å²) in [7, 11) is 0. The van der Waals surface area contributed by atoms with Gasteiger partial charge in [0.2, 0.25) is 0 Å². The third kappa shape index (κ3) is 7.33. The number of phenols is 1. The van der Waals surface area contributed by atoms with Gasteiger partial charge in [-0.15, -0.1) is 0 Å². The van der Waals surface area contributed by atoms with Crippen LogP contribution in [0.2, 0.25) is 0 Å². The van der Waals surface area contributed by atoms with Crippen LogP contribution in [0, 0.1) is 0 Å². The first kappa shape index (κ1) is 24.8. The molecule has 1 saturated heterocycles. The van der Waals surface area contributed by atoms with Crippen molar-refractivity contribution in [3.8, 4) is 11.5 Å². The number of ether oxygens (including phenoxy) is 1. The fourth-order valence-electron chi connectivity index (χ4n) is 3.26. The van der Waals surface area contributed by atoms with Crippen LogP contribution in [0.1, 0.15) is 61.4 Å². The van der Waals surface area contributed by atoms with E-state index in [-0.39, 0.29) is 15.6 Å². The number of aromatic hydroxyl groups is 1. The van der Waals surface area contributed by atoms with Gasteiger partial charge >= 0.3 is 0 Å². The van der Waals surface area contributed by atoms with Crippen molar-refractivity contribution in [1.82, 2.24) is 10.4 Å². The number of thiocarbonyl (C=S) groups is 1. The maximum atomic E-state index is 12.8. The Labute approximate surface area is 204 Å². The fraction of sp³-hybridized carbons (Fsp3) is 0.320. The number of benzene rings is 2. The number of nitrogens with zero attached hydrogens (tertiary/aromatic N) is 1. The molecular formula is C25H28N2O4S2. The Bertz CT molecular complexity index is 1020. The molecule has 2 N–H and O–H groups in total. The van der Waals surface area contributed by atoms with Crippen molar-refractivity contribution >= 4 is 46.2 Å². The number of phenolic OH excluding ortho intramolecular Hbond substituents is 1. The molecule has 0 spiro atoms. The van der Waals surface area contributed by atoms with E-state index in [0.717, 1.165) is 34.5 Å². The van der Waals surface area contributed by atoms with Gasteiger partial charge in [-0.1, -0.05) is 69.0 Å². The maximum Gasteiger partial charge on any atom is 0.285 e. The highest BCUT2D eigenvalue weighted by Gasteiger charge is 2.33. The summed E-state index contributed by atoms with van der Waals surface area (Å²) in [4.78, 5) is 25.6. The summed E-state index contributed by atoms with van der Waals surface area (Å²) in [5.74, 6) is -0.170. The van der Waals surface area contributed by atoms with Crippen molar-refractivity contribution in [2.24, 2.45) is 0 Å². The summed E-state index contributed by atoms with van der Waals surface area (Å²) >= 11 is 6.38. The van der Waals surface area contributed by atoms with E-state index < -0.39 is 11.8 Å². The number of hydrazine groups is 1. The number of hydrogen-bond acceptors (Lipinski definition) is 6. The minimum Gasteiger partial charge on any atom is -0.508 e. The molecule has 1 fully saturated rings. The van der Waals surface area contributed by atoms with E-state index in [0.29, 0.717) is 11.5 Å². The monoisotopic (exact) mass is 484 g/mol. The Morgan fingerprint density at radius 1 is 1.12 bits per heavy atom. The van der Waals surface area contributed by atoms with E-state index in [9.17, 15) is 14.7 Å². The van der Waals surface area contributed by atoms with Gasteiger partial charge in [0.05, 0.1) is 11.5 Å². The van der Waals surface area contributed by atoms with Crippen molar-refractivity contribution in [2.45, 2.75) is 45.4 Å². The molecule has 0 aromatic heterocycles. The van der Waals surface area contributed by atoms with Crippen LogP contribution in [0.5, 0.6) is 11.5 Å². The molecule has 0 aliphatic carbocycles. The van der Waals surface area contributed by atoms with Crippen LogP contribution >= 0.6 is 24.0 Å². The molecule has 0 radical (unpaired) electrons. The van der Waals surface area contributed by atoms with Gasteiger partial charge in [-0.3, -0.25) is 15.0 Å². The van der Waals surface area contributed by atoms with Crippen LogP contribution in [0.15, 0.2) is 53.4 Å². The van der Waals surface area contributed by atoms with Crippen LogP contribution in [-0.2, 0) is 4.79 Å². The summed E-state index contributed by atoms with van der Waals surface area (Å²) in [6.45, 7) is 2.91. The lowest BCUT2D eigenvalue weighted by molar-refractivity contribution is -0.123. The molecule has 0 bridgehead atoms. The Kier molecular flexibility index (Phi) is 9.33. The lowest BCUT2D eigenvalue weighted by atomic mass is 10.1. The molecule has 2 aromatic carbocycles. The lowest BCUT2D eigenvalue weighted by Gasteiger charge is -2.15. The number of unbranched alkanes of at least 4 members (excludes halogenated alkanes) is 5. The van der Waals surface area contributed by atoms with Crippen molar-refractivity contribution in [3.63, 3.8) is 0 Å². The van der Waals surface area contributed by atoms with Crippen molar-refractivity contribution in [1.29, 1.82) is 0 Å². The minimum absolute atomic E-state index is 0.0349. The number of thioether (sulfide) groups is 1. The Morgan fingerprint density at radius 3 is 2.58 bits per heavy atom. The first-order valence-corrected chi connectivity index (χ1v) is 12.3. The number of hydrogen-bond donors (Lipinski definition) is 2. The number of nitrogens with one attached hydrogen (secondary N) is 1. The Hall–Kier alpha value is -2.84. The maximum absolute atomic E-state index is 12.8. The highest BCUT2D eigenvalue weighted by atomic mass is 32.2. The minimum atomic E-state index is -0.532. The predicted molar refractivity (Wildman–Crippen MR) is 136 cm³/mol. The fourth-order valence-corrected chi connectivity index (χ4v) is 4.44. The van der Waals surface area contributed by atoms with E-state index >= 15 is 0 Å². The van der Waals surface area contributed by atoms with Gasteiger partial charge in [0.25, 0.3) is 11.8 Å². The molecule has 1 heterocycles. The lowest BCUT2D eigenvalue weighted by Crippen LogP contribution is -2.44. The molecule has 2 amide bonds. The number of rotatable bonds is 11. The Balaban J connectivity index is 1.53. The first-order chi connectivity index (χ1) is 16.0. The van der Waals surface area contributed by atoms with Gasteiger partial charge in [-0.2, -0.15) is 5.01 Å². The van der Waals surface area contributed by atoms with Crippen molar-refractivity contribution < 1.29 is 19.4 Å². The molecule has 3 rings (SSSR count). The zero-order valence-corrected chi connectivity index (χ0v) is 20.2. The third-order valence-electron chi connectivity index (χ3n) is 5.06. The van der Waals surface area contributed by atoms with Gasteiger partial charge in [0, 0.05) is 5.56 Å². The predicted octanol–water partition coefficient (Wildman–Crippen LogP) is 5.68. The molecule has 2 aromatic rings. The van der Waals surface area contributed by atoms with Crippen LogP contribution in [0.4, 0.5) is 0 Å². The van der Waals surface area contributed by atoms with Crippen LogP contribution < -0.4 is 10.2 Å². The molecule has 0 saturated carbocycles. The van der Waals surface area contributed by atoms with Crippen LogP contribution in [0.3, 0.4) is 0 Å². The van der Waals surface area contributed by atoms with E-state index in [2.05, 4.69) is 12.3 Å². The second-order valence-corrected chi connectivity index (χ2v) is 9.37. The van der Waals surface area contributed by atoms with E-state index in [1.54, 1.807) is 18.2 Å². The number of carbonyl (C=O) groups excluding carboxylic acids is 2. The van der Waals surface area contributed by atoms with Gasteiger partial charge < -0.3 is 9.84 Å². The topological polar surface area (TPSA) is 78.9 Å². The van der Waals surface area contributed by atoms with E-state index in [1.165, 1.54) is 44.2 Å². The SMILES string of the molecule is CCCCCCCCOc1ccc(C=C2SC(=S)N(NC(=O)c3cccc(O)c3)C2=O)cc1.